The van der Waals surface area contributed by atoms with Gasteiger partial charge in [-0.2, -0.15) is 5.10 Å². The van der Waals surface area contributed by atoms with E-state index in [-0.39, 0.29) is 5.76 Å². The second-order valence-corrected chi connectivity index (χ2v) is 4.87. The Morgan fingerprint density at radius 3 is 3.05 bits per heavy atom. The number of nitrogens with one attached hydrogen (secondary N) is 1. The smallest absolute Gasteiger partial charge is 0.307 e. The summed E-state index contributed by atoms with van der Waals surface area (Å²) in [5.74, 6) is 0.429. The third-order valence-electron chi connectivity index (χ3n) is 2.44. The summed E-state index contributed by atoms with van der Waals surface area (Å²) in [5, 5.41) is 3.90. The number of hydrazone groups is 1. The van der Waals surface area contributed by atoms with E-state index in [4.69, 9.17) is 9.15 Å². The molecule has 108 valence electrons. The Morgan fingerprint density at radius 2 is 2.33 bits per heavy atom. The highest BCUT2D eigenvalue weighted by atomic mass is 79.9. The van der Waals surface area contributed by atoms with Gasteiger partial charge in [0, 0.05) is 10.0 Å². The molecule has 1 amide bonds. The summed E-state index contributed by atoms with van der Waals surface area (Å²) in [5.41, 5.74) is 3.11. The molecule has 1 aromatic heterocycles. The van der Waals surface area contributed by atoms with Gasteiger partial charge in [0.15, 0.2) is 5.76 Å². The summed E-state index contributed by atoms with van der Waals surface area (Å²) in [4.78, 5) is 11.6. The zero-order valence-corrected chi connectivity index (χ0v) is 12.7. The number of carbonyl (C=O) groups is 1. The average Bonchev–Trinajstić information content (AvgIpc) is 3.00. The van der Waals surface area contributed by atoms with Gasteiger partial charge in [-0.25, -0.2) is 5.43 Å². The lowest BCUT2D eigenvalue weighted by Gasteiger charge is -2.07. The lowest BCUT2D eigenvalue weighted by molar-refractivity contribution is 0.0927. The van der Waals surface area contributed by atoms with Gasteiger partial charge in [-0.05, 0) is 30.3 Å². The molecule has 2 aromatic rings. The standard InChI is InChI=1S/C15H13BrN2O3/c1-2-7-20-13-6-5-12(16)9-11(13)10-17-18-15(19)14-4-3-8-21-14/h2-6,8-10H,1,7H2,(H,18,19)/b17-10-. The SMILES string of the molecule is C=CCOc1ccc(Br)cc1/C=N\NC(=O)c1ccco1. The Labute approximate surface area is 130 Å². The van der Waals surface area contributed by atoms with Gasteiger partial charge in [0.1, 0.15) is 12.4 Å². The molecule has 0 saturated carbocycles. The molecule has 21 heavy (non-hydrogen) atoms. The molecule has 0 fully saturated rings. The molecule has 0 spiro atoms. The van der Waals surface area contributed by atoms with Crippen LogP contribution in [0.1, 0.15) is 16.1 Å². The van der Waals surface area contributed by atoms with Crippen molar-refractivity contribution in [3.63, 3.8) is 0 Å². The molecule has 0 unspecified atom stereocenters. The highest BCUT2D eigenvalue weighted by molar-refractivity contribution is 9.10. The fourth-order valence-electron chi connectivity index (χ4n) is 1.52. The van der Waals surface area contributed by atoms with Crippen LogP contribution in [0, 0.1) is 0 Å². The highest BCUT2D eigenvalue weighted by Crippen LogP contribution is 2.21. The lowest BCUT2D eigenvalue weighted by atomic mass is 10.2. The van der Waals surface area contributed by atoms with Crippen molar-refractivity contribution in [1.82, 2.24) is 5.43 Å². The van der Waals surface area contributed by atoms with Crippen molar-refractivity contribution in [2.45, 2.75) is 0 Å². The molecule has 0 saturated heterocycles. The van der Waals surface area contributed by atoms with E-state index >= 15 is 0 Å². The van der Waals surface area contributed by atoms with Crippen LogP contribution in [0.4, 0.5) is 0 Å². The Balaban J connectivity index is 2.07. The minimum absolute atomic E-state index is 0.199. The summed E-state index contributed by atoms with van der Waals surface area (Å²) in [7, 11) is 0. The molecular weight excluding hydrogens is 336 g/mol. The second-order valence-electron chi connectivity index (χ2n) is 3.96. The van der Waals surface area contributed by atoms with Crippen LogP contribution in [0.15, 0.2) is 63.2 Å². The first-order valence-corrected chi connectivity index (χ1v) is 6.90. The summed E-state index contributed by atoms with van der Waals surface area (Å²) in [6.45, 7) is 3.99. The Kier molecular flexibility index (Phi) is 5.34. The Morgan fingerprint density at radius 1 is 1.48 bits per heavy atom. The van der Waals surface area contributed by atoms with E-state index in [1.54, 1.807) is 18.2 Å². The number of amides is 1. The molecule has 6 heteroatoms. The maximum atomic E-state index is 11.6. The molecule has 0 bridgehead atoms. The van der Waals surface area contributed by atoms with Crippen LogP contribution in [0.5, 0.6) is 5.75 Å². The topological polar surface area (TPSA) is 63.8 Å². The minimum Gasteiger partial charge on any atom is -0.489 e. The third kappa shape index (κ3) is 4.32. The first kappa shape index (κ1) is 15.1. The van der Waals surface area contributed by atoms with Gasteiger partial charge in [0.05, 0.1) is 12.5 Å². The maximum absolute atomic E-state index is 11.6. The summed E-state index contributed by atoms with van der Waals surface area (Å²) < 4.78 is 11.4. The number of carbonyl (C=O) groups excluding carboxylic acids is 1. The molecule has 1 N–H and O–H groups in total. The molecule has 0 radical (unpaired) electrons. The molecule has 0 aliphatic heterocycles. The molecule has 0 aliphatic carbocycles. The maximum Gasteiger partial charge on any atom is 0.307 e. The number of nitrogens with zero attached hydrogens (tertiary/aromatic N) is 1. The van der Waals surface area contributed by atoms with E-state index < -0.39 is 5.91 Å². The van der Waals surface area contributed by atoms with Gasteiger partial charge in [-0.3, -0.25) is 4.79 Å². The molecule has 0 aliphatic rings. The van der Waals surface area contributed by atoms with Crippen LogP contribution in [0.2, 0.25) is 0 Å². The van der Waals surface area contributed by atoms with Crippen molar-refractivity contribution in [3.05, 3.63) is 65.0 Å². The third-order valence-corrected chi connectivity index (χ3v) is 2.94. The van der Waals surface area contributed by atoms with Crippen LogP contribution in [-0.2, 0) is 0 Å². The average molecular weight is 349 g/mol. The number of rotatable bonds is 6. The first-order valence-electron chi connectivity index (χ1n) is 6.11. The largest absolute Gasteiger partial charge is 0.489 e. The molecule has 2 rings (SSSR count). The molecule has 5 nitrogen and oxygen atoms in total. The number of hydrogen-bond acceptors (Lipinski definition) is 4. The predicted molar refractivity (Wildman–Crippen MR) is 83.6 cm³/mol. The van der Waals surface area contributed by atoms with Gasteiger partial charge in [0.25, 0.3) is 0 Å². The molecular formula is C15H13BrN2O3. The summed E-state index contributed by atoms with van der Waals surface area (Å²) in [6, 6.07) is 8.69. The van der Waals surface area contributed by atoms with Crippen molar-refractivity contribution >= 4 is 28.1 Å². The number of furan rings is 1. The number of benzene rings is 1. The van der Waals surface area contributed by atoms with Gasteiger partial charge < -0.3 is 9.15 Å². The second kappa shape index (κ2) is 7.44. The number of halogens is 1. The van der Waals surface area contributed by atoms with Gasteiger partial charge in [0.2, 0.25) is 0 Å². The Bertz CT molecular complexity index is 651. The van der Waals surface area contributed by atoms with Crippen molar-refractivity contribution < 1.29 is 13.9 Å². The van der Waals surface area contributed by atoms with E-state index in [1.165, 1.54) is 12.5 Å². The molecule has 1 aromatic carbocycles. The fourth-order valence-corrected chi connectivity index (χ4v) is 1.90. The van der Waals surface area contributed by atoms with Crippen molar-refractivity contribution in [2.24, 2.45) is 5.10 Å². The van der Waals surface area contributed by atoms with Crippen LogP contribution >= 0.6 is 15.9 Å². The normalized spacial score (nSPS) is 10.5. The van der Waals surface area contributed by atoms with Crippen molar-refractivity contribution in [2.75, 3.05) is 6.61 Å². The van der Waals surface area contributed by atoms with Crippen LogP contribution < -0.4 is 10.2 Å². The minimum atomic E-state index is -0.417. The molecule has 1 heterocycles. The predicted octanol–water partition coefficient (Wildman–Crippen LogP) is 3.37. The van der Waals surface area contributed by atoms with Crippen LogP contribution in [-0.4, -0.2) is 18.7 Å². The van der Waals surface area contributed by atoms with Crippen LogP contribution in [0.25, 0.3) is 0 Å². The van der Waals surface area contributed by atoms with Crippen molar-refractivity contribution in [3.8, 4) is 5.75 Å². The first-order chi connectivity index (χ1) is 10.2. The summed E-state index contributed by atoms with van der Waals surface area (Å²) >= 11 is 3.38. The Hall–Kier alpha value is -2.34. The van der Waals surface area contributed by atoms with E-state index in [1.807, 2.05) is 18.2 Å². The molecule has 0 atom stereocenters. The van der Waals surface area contributed by atoms with E-state index in [9.17, 15) is 4.79 Å². The monoisotopic (exact) mass is 348 g/mol. The highest BCUT2D eigenvalue weighted by Gasteiger charge is 2.06. The lowest BCUT2D eigenvalue weighted by Crippen LogP contribution is -2.16. The van der Waals surface area contributed by atoms with Crippen molar-refractivity contribution in [1.29, 1.82) is 0 Å². The van der Waals surface area contributed by atoms with Crippen LogP contribution in [0.3, 0.4) is 0 Å². The van der Waals surface area contributed by atoms with E-state index in [2.05, 4.69) is 33.0 Å². The van der Waals surface area contributed by atoms with Gasteiger partial charge in [-0.1, -0.05) is 28.6 Å². The van der Waals surface area contributed by atoms with E-state index in [0.717, 1.165) is 10.0 Å². The van der Waals surface area contributed by atoms with Gasteiger partial charge >= 0.3 is 5.91 Å². The number of ether oxygens (including phenoxy) is 1. The zero-order valence-electron chi connectivity index (χ0n) is 11.1. The van der Waals surface area contributed by atoms with Gasteiger partial charge in [-0.15, -0.1) is 0 Å². The van der Waals surface area contributed by atoms with E-state index in [0.29, 0.717) is 12.4 Å². The number of hydrogen-bond donors (Lipinski definition) is 1. The zero-order chi connectivity index (χ0) is 15.1. The quantitative estimate of drug-likeness (QED) is 0.494. The summed E-state index contributed by atoms with van der Waals surface area (Å²) in [6.07, 6.45) is 4.58. The fraction of sp³-hybridized carbons (Fsp3) is 0.0667.